The van der Waals surface area contributed by atoms with Crippen molar-refractivity contribution in [3.8, 4) is 0 Å². The molecule has 0 aliphatic rings. The van der Waals surface area contributed by atoms with Gasteiger partial charge >= 0.3 is 0 Å². The normalized spacial score (nSPS) is 15.4. The summed E-state index contributed by atoms with van der Waals surface area (Å²) in [4.78, 5) is 0. The zero-order valence-electron chi connectivity index (χ0n) is 10.9. The third kappa shape index (κ3) is 3.09. The Hall–Kier alpha value is -0.800. The molecule has 2 unspecified atom stereocenters. The smallest absolute Gasteiger partial charge is 0.129 e. The summed E-state index contributed by atoms with van der Waals surface area (Å²) in [5, 5.41) is 3.32. The van der Waals surface area contributed by atoms with Crippen LogP contribution in [0.5, 0.6) is 0 Å². The van der Waals surface area contributed by atoms with Gasteiger partial charge in [-0.2, -0.15) is 0 Å². The van der Waals surface area contributed by atoms with Crippen LogP contribution in [-0.2, 0) is 11.3 Å². The fraction of sp³-hybridized carbons (Fsp3) is 0.692. The van der Waals surface area contributed by atoms with Crippen LogP contribution in [-0.4, -0.2) is 14.2 Å². The molecule has 0 radical (unpaired) electrons. The van der Waals surface area contributed by atoms with Crippen molar-refractivity contribution in [2.24, 2.45) is 11.8 Å². The molecule has 0 aliphatic heterocycles. The number of rotatable bonds is 6. The predicted molar refractivity (Wildman–Crippen MR) is 65.2 cm³/mol. The van der Waals surface area contributed by atoms with Crippen molar-refractivity contribution in [3.63, 3.8) is 0 Å². The Morgan fingerprint density at radius 1 is 1.31 bits per heavy atom. The lowest BCUT2D eigenvalue weighted by molar-refractivity contribution is 0.159. The molecule has 0 saturated carbocycles. The summed E-state index contributed by atoms with van der Waals surface area (Å²) in [6.07, 6.45) is 0. The van der Waals surface area contributed by atoms with E-state index in [2.05, 4.69) is 26.1 Å². The lowest BCUT2D eigenvalue weighted by atomic mass is 9.89. The van der Waals surface area contributed by atoms with E-state index in [4.69, 9.17) is 9.15 Å². The summed E-state index contributed by atoms with van der Waals surface area (Å²) in [7, 11) is 3.65. The largest absolute Gasteiger partial charge is 0.462 e. The maximum atomic E-state index is 5.76. The van der Waals surface area contributed by atoms with Crippen LogP contribution >= 0.6 is 0 Å². The first-order valence-corrected chi connectivity index (χ1v) is 5.85. The molecule has 3 nitrogen and oxygen atoms in total. The average Bonchev–Trinajstić information content (AvgIpc) is 2.68. The second-order valence-electron chi connectivity index (χ2n) is 4.61. The van der Waals surface area contributed by atoms with Gasteiger partial charge in [-0.25, -0.2) is 0 Å². The lowest BCUT2D eigenvalue weighted by Gasteiger charge is -2.24. The van der Waals surface area contributed by atoms with E-state index < -0.39 is 0 Å². The van der Waals surface area contributed by atoms with E-state index in [0.29, 0.717) is 18.4 Å². The second kappa shape index (κ2) is 6.06. The van der Waals surface area contributed by atoms with E-state index in [1.54, 1.807) is 7.11 Å². The SMILES string of the molecule is CNC(c1ccc(COC)o1)C(C)C(C)C. The van der Waals surface area contributed by atoms with Gasteiger partial charge in [0.1, 0.15) is 18.1 Å². The molecule has 0 bridgehead atoms. The van der Waals surface area contributed by atoms with Crippen molar-refractivity contribution >= 4 is 0 Å². The van der Waals surface area contributed by atoms with Crippen molar-refractivity contribution in [2.45, 2.75) is 33.4 Å². The maximum absolute atomic E-state index is 5.76. The van der Waals surface area contributed by atoms with Crippen LogP contribution in [0.15, 0.2) is 16.5 Å². The average molecular weight is 225 g/mol. The minimum atomic E-state index is 0.269. The van der Waals surface area contributed by atoms with Gasteiger partial charge in [-0.15, -0.1) is 0 Å². The summed E-state index contributed by atoms with van der Waals surface area (Å²) in [6, 6.07) is 4.29. The van der Waals surface area contributed by atoms with Gasteiger partial charge in [-0.1, -0.05) is 20.8 Å². The highest BCUT2D eigenvalue weighted by atomic mass is 16.5. The van der Waals surface area contributed by atoms with Gasteiger partial charge in [-0.05, 0) is 31.0 Å². The van der Waals surface area contributed by atoms with Gasteiger partial charge < -0.3 is 14.5 Å². The van der Waals surface area contributed by atoms with Crippen molar-refractivity contribution in [1.29, 1.82) is 0 Å². The number of hydrogen-bond acceptors (Lipinski definition) is 3. The first kappa shape index (κ1) is 13.3. The van der Waals surface area contributed by atoms with Gasteiger partial charge in [0.05, 0.1) is 6.04 Å². The zero-order valence-corrected chi connectivity index (χ0v) is 10.9. The molecule has 1 aromatic heterocycles. The van der Waals surface area contributed by atoms with Crippen molar-refractivity contribution < 1.29 is 9.15 Å². The molecule has 92 valence electrons. The molecule has 3 heteroatoms. The molecule has 0 fully saturated rings. The van der Waals surface area contributed by atoms with Gasteiger partial charge in [-0.3, -0.25) is 0 Å². The highest BCUT2D eigenvalue weighted by Gasteiger charge is 2.23. The van der Waals surface area contributed by atoms with E-state index in [9.17, 15) is 0 Å². The minimum absolute atomic E-state index is 0.269. The molecule has 0 aromatic carbocycles. The standard InChI is InChI=1S/C13H23NO2/c1-9(2)10(3)13(14-4)12-7-6-11(16-12)8-15-5/h6-7,9-10,13-14H,8H2,1-5H3. The summed E-state index contributed by atoms with van der Waals surface area (Å²) in [5.74, 6) is 3.03. The molecule has 0 amide bonds. The maximum Gasteiger partial charge on any atom is 0.129 e. The Labute approximate surface area is 98.2 Å². The number of furan rings is 1. The Morgan fingerprint density at radius 2 is 2.00 bits per heavy atom. The zero-order chi connectivity index (χ0) is 12.1. The van der Waals surface area contributed by atoms with Gasteiger partial charge in [0.25, 0.3) is 0 Å². The van der Waals surface area contributed by atoms with Crippen LogP contribution in [0.1, 0.15) is 38.3 Å². The van der Waals surface area contributed by atoms with E-state index in [1.165, 1.54) is 0 Å². The summed E-state index contributed by atoms with van der Waals surface area (Å²) < 4.78 is 10.8. The summed E-state index contributed by atoms with van der Waals surface area (Å²) >= 11 is 0. The monoisotopic (exact) mass is 225 g/mol. The Bertz CT molecular complexity index is 307. The molecule has 1 aromatic rings. The van der Waals surface area contributed by atoms with E-state index in [1.807, 2.05) is 19.2 Å². The number of hydrogen-bond donors (Lipinski definition) is 1. The predicted octanol–water partition coefficient (Wildman–Crippen LogP) is 2.98. The van der Waals surface area contributed by atoms with Crippen molar-refractivity contribution in [3.05, 3.63) is 23.7 Å². The Morgan fingerprint density at radius 3 is 2.50 bits per heavy atom. The highest BCUT2D eigenvalue weighted by Crippen LogP contribution is 2.28. The molecule has 16 heavy (non-hydrogen) atoms. The number of ether oxygens (including phenoxy) is 1. The van der Waals surface area contributed by atoms with Gasteiger partial charge in [0, 0.05) is 7.11 Å². The Balaban J connectivity index is 2.78. The van der Waals surface area contributed by atoms with E-state index in [0.717, 1.165) is 11.5 Å². The van der Waals surface area contributed by atoms with Crippen LogP contribution in [0.4, 0.5) is 0 Å². The van der Waals surface area contributed by atoms with Crippen LogP contribution < -0.4 is 5.32 Å². The third-order valence-corrected chi connectivity index (χ3v) is 3.16. The highest BCUT2D eigenvalue weighted by molar-refractivity contribution is 5.11. The lowest BCUT2D eigenvalue weighted by Crippen LogP contribution is -2.26. The fourth-order valence-corrected chi connectivity index (χ4v) is 1.83. The number of nitrogens with one attached hydrogen (secondary N) is 1. The van der Waals surface area contributed by atoms with Crippen LogP contribution in [0.2, 0.25) is 0 Å². The topological polar surface area (TPSA) is 34.4 Å². The van der Waals surface area contributed by atoms with Crippen LogP contribution in [0, 0.1) is 11.8 Å². The second-order valence-corrected chi connectivity index (χ2v) is 4.61. The fourth-order valence-electron chi connectivity index (χ4n) is 1.83. The number of methoxy groups -OCH3 is 1. The quantitative estimate of drug-likeness (QED) is 0.808. The first-order chi connectivity index (χ1) is 7.60. The molecule has 2 atom stereocenters. The molecular formula is C13H23NO2. The molecule has 0 spiro atoms. The molecular weight excluding hydrogens is 202 g/mol. The molecule has 1 rings (SSSR count). The molecule has 0 aliphatic carbocycles. The third-order valence-electron chi connectivity index (χ3n) is 3.16. The molecule has 1 heterocycles. The first-order valence-electron chi connectivity index (χ1n) is 5.85. The summed E-state index contributed by atoms with van der Waals surface area (Å²) in [6.45, 7) is 7.23. The minimum Gasteiger partial charge on any atom is -0.462 e. The molecule has 0 saturated heterocycles. The van der Waals surface area contributed by atoms with E-state index in [-0.39, 0.29) is 6.04 Å². The van der Waals surface area contributed by atoms with Crippen LogP contribution in [0.3, 0.4) is 0 Å². The Kier molecular flexibility index (Phi) is 5.03. The molecule has 1 N–H and O–H groups in total. The van der Waals surface area contributed by atoms with Crippen LogP contribution in [0.25, 0.3) is 0 Å². The van der Waals surface area contributed by atoms with Crippen molar-refractivity contribution in [2.75, 3.05) is 14.2 Å². The van der Waals surface area contributed by atoms with E-state index >= 15 is 0 Å². The van der Waals surface area contributed by atoms with Gasteiger partial charge in [0.2, 0.25) is 0 Å². The summed E-state index contributed by atoms with van der Waals surface area (Å²) in [5.41, 5.74) is 0. The van der Waals surface area contributed by atoms with Crippen molar-refractivity contribution in [1.82, 2.24) is 5.32 Å². The van der Waals surface area contributed by atoms with Gasteiger partial charge in [0.15, 0.2) is 0 Å².